The van der Waals surface area contributed by atoms with Crippen LogP contribution in [0.25, 0.3) is 0 Å². The van der Waals surface area contributed by atoms with Gasteiger partial charge in [0.25, 0.3) is 0 Å². The van der Waals surface area contributed by atoms with Crippen molar-refractivity contribution in [3.8, 4) is 5.75 Å². The van der Waals surface area contributed by atoms with Crippen molar-refractivity contribution in [1.29, 1.82) is 5.41 Å². The molecule has 0 radical (unpaired) electrons. The van der Waals surface area contributed by atoms with Crippen LogP contribution in [0.2, 0.25) is 0 Å². The lowest BCUT2D eigenvalue weighted by Gasteiger charge is -2.17. The molecule has 1 aromatic heterocycles. The number of ether oxygens (including phenoxy) is 1. The summed E-state index contributed by atoms with van der Waals surface area (Å²) in [5.41, 5.74) is 8.29. The van der Waals surface area contributed by atoms with Crippen LogP contribution in [0.5, 0.6) is 5.75 Å². The van der Waals surface area contributed by atoms with Crippen molar-refractivity contribution in [3.63, 3.8) is 0 Å². The number of nitrogen functional groups attached to an aromatic ring is 1. The molecule has 1 aromatic carbocycles. The Kier molecular flexibility index (Phi) is 4.90. The molecule has 0 spiro atoms. The van der Waals surface area contributed by atoms with Crippen LogP contribution in [0, 0.1) is 5.41 Å². The van der Waals surface area contributed by atoms with Gasteiger partial charge in [0, 0.05) is 19.3 Å². The number of pyridine rings is 1. The molecule has 0 aliphatic rings. The number of amidine groups is 1. The molecule has 0 bridgehead atoms. The first-order chi connectivity index (χ1) is 10.1. The largest absolute Gasteiger partial charge is 0.496 e. The molecule has 2 rings (SSSR count). The van der Waals surface area contributed by atoms with Gasteiger partial charge in [-0.2, -0.15) is 0 Å². The molecular weight excluding hydrogens is 264 g/mol. The van der Waals surface area contributed by atoms with E-state index < -0.39 is 0 Å². The summed E-state index contributed by atoms with van der Waals surface area (Å²) in [5, 5.41) is 7.52. The molecule has 0 amide bonds. The molecule has 0 saturated carbocycles. The Morgan fingerprint density at radius 2 is 2.10 bits per heavy atom. The van der Waals surface area contributed by atoms with Crippen molar-refractivity contribution in [2.24, 2.45) is 5.73 Å². The third kappa shape index (κ3) is 4.03. The van der Waals surface area contributed by atoms with Crippen molar-refractivity contribution < 1.29 is 4.74 Å². The summed E-state index contributed by atoms with van der Waals surface area (Å²) in [6.07, 6.45) is 1.80. The van der Waals surface area contributed by atoms with E-state index in [-0.39, 0.29) is 5.84 Å². The SMILES string of the molecule is COc1cc(CN(C)Cc2ccccn2)ccc1C(=N)N. The van der Waals surface area contributed by atoms with Crippen LogP contribution in [0.1, 0.15) is 16.8 Å². The first-order valence-corrected chi connectivity index (χ1v) is 6.70. The maximum absolute atomic E-state index is 7.52. The zero-order valence-corrected chi connectivity index (χ0v) is 12.3. The lowest BCUT2D eigenvalue weighted by Crippen LogP contribution is -2.18. The number of aromatic nitrogens is 1. The summed E-state index contributed by atoms with van der Waals surface area (Å²) >= 11 is 0. The van der Waals surface area contributed by atoms with Crippen LogP contribution in [0.15, 0.2) is 42.6 Å². The number of rotatable bonds is 6. The lowest BCUT2D eigenvalue weighted by atomic mass is 10.1. The van der Waals surface area contributed by atoms with Gasteiger partial charge in [-0.3, -0.25) is 15.3 Å². The summed E-state index contributed by atoms with van der Waals surface area (Å²) < 4.78 is 5.30. The van der Waals surface area contributed by atoms with Gasteiger partial charge in [-0.25, -0.2) is 0 Å². The van der Waals surface area contributed by atoms with Gasteiger partial charge >= 0.3 is 0 Å². The predicted molar refractivity (Wildman–Crippen MR) is 83.4 cm³/mol. The summed E-state index contributed by atoms with van der Waals surface area (Å²) in [6, 6.07) is 11.6. The summed E-state index contributed by atoms with van der Waals surface area (Å²) in [5.74, 6) is 0.645. The second-order valence-electron chi connectivity index (χ2n) is 4.94. The molecular formula is C16H20N4O. The molecule has 3 N–H and O–H groups in total. The molecule has 110 valence electrons. The topological polar surface area (TPSA) is 75.2 Å². The quantitative estimate of drug-likeness (QED) is 0.628. The van der Waals surface area contributed by atoms with E-state index in [1.807, 2.05) is 43.4 Å². The van der Waals surface area contributed by atoms with E-state index in [0.717, 1.165) is 24.3 Å². The van der Waals surface area contributed by atoms with E-state index >= 15 is 0 Å². The van der Waals surface area contributed by atoms with E-state index in [9.17, 15) is 0 Å². The third-order valence-electron chi connectivity index (χ3n) is 3.17. The fourth-order valence-corrected chi connectivity index (χ4v) is 2.19. The Balaban J connectivity index is 2.07. The minimum Gasteiger partial charge on any atom is -0.496 e. The number of hydrogen-bond acceptors (Lipinski definition) is 4. The molecule has 2 aromatic rings. The van der Waals surface area contributed by atoms with Crippen LogP contribution in [0.3, 0.4) is 0 Å². The average Bonchev–Trinajstić information content (AvgIpc) is 2.47. The molecule has 5 nitrogen and oxygen atoms in total. The van der Waals surface area contributed by atoms with Crippen molar-refractivity contribution >= 4 is 5.84 Å². The molecule has 0 aliphatic carbocycles. The van der Waals surface area contributed by atoms with Crippen molar-refractivity contribution in [2.75, 3.05) is 14.2 Å². The van der Waals surface area contributed by atoms with Gasteiger partial charge in [-0.15, -0.1) is 0 Å². The van der Waals surface area contributed by atoms with Crippen LogP contribution in [0.4, 0.5) is 0 Å². The van der Waals surface area contributed by atoms with E-state index in [1.165, 1.54) is 0 Å². The van der Waals surface area contributed by atoms with Gasteiger partial charge in [0.1, 0.15) is 11.6 Å². The van der Waals surface area contributed by atoms with Crippen LogP contribution < -0.4 is 10.5 Å². The number of hydrogen-bond donors (Lipinski definition) is 2. The molecule has 1 heterocycles. The standard InChI is InChI=1S/C16H20N4O/c1-20(11-13-5-3-4-8-19-13)10-12-6-7-14(16(17)18)15(9-12)21-2/h3-9H,10-11H2,1-2H3,(H3,17,18). The molecule has 0 atom stereocenters. The highest BCUT2D eigenvalue weighted by atomic mass is 16.5. The highest BCUT2D eigenvalue weighted by Crippen LogP contribution is 2.20. The fourth-order valence-electron chi connectivity index (χ4n) is 2.19. The van der Waals surface area contributed by atoms with Crippen LogP contribution >= 0.6 is 0 Å². The highest BCUT2D eigenvalue weighted by Gasteiger charge is 2.09. The van der Waals surface area contributed by atoms with Crippen molar-refractivity contribution in [3.05, 3.63) is 59.4 Å². The Hall–Kier alpha value is -2.40. The molecule has 0 fully saturated rings. The van der Waals surface area contributed by atoms with Gasteiger partial charge in [0.05, 0.1) is 18.4 Å². The van der Waals surface area contributed by atoms with Crippen LogP contribution in [-0.2, 0) is 13.1 Å². The van der Waals surface area contributed by atoms with Crippen molar-refractivity contribution in [1.82, 2.24) is 9.88 Å². The van der Waals surface area contributed by atoms with Gasteiger partial charge < -0.3 is 10.5 Å². The minimum absolute atomic E-state index is 0.0141. The maximum atomic E-state index is 7.52. The van der Waals surface area contributed by atoms with Crippen LogP contribution in [-0.4, -0.2) is 29.9 Å². The summed E-state index contributed by atoms with van der Waals surface area (Å²) in [6.45, 7) is 1.54. The summed E-state index contributed by atoms with van der Waals surface area (Å²) in [7, 11) is 3.63. The normalized spacial score (nSPS) is 10.6. The number of nitrogens with two attached hydrogens (primary N) is 1. The maximum Gasteiger partial charge on any atom is 0.130 e. The van der Waals surface area contributed by atoms with E-state index in [1.54, 1.807) is 13.3 Å². The second-order valence-corrected chi connectivity index (χ2v) is 4.94. The van der Waals surface area contributed by atoms with E-state index in [0.29, 0.717) is 11.3 Å². The Labute approximate surface area is 124 Å². The first-order valence-electron chi connectivity index (χ1n) is 6.70. The first kappa shape index (κ1) is 15.0. The smallest absolute Gasteiger partial charge is 0.130 e. The van der Waals surface area contributed by atoms with Gasteiger partial charge in [-0.1, -0.05) is 12.1 Å². The lowest BCUT2D eigenvalue weighted by molar-refractivity contribution is 0.314. The molecule has 21 heavy (non-hydrogen) atoms. The Morgan fingerprint density at radius 1 is 1.29 bits per heavy atom. The fraction of sp³-hybridized carbons (Fsp3) is 0.250. The van der Waals surface area contributed by atoms with Gasteiger partial charge in [0.15, 0.2) is 0 Å². The third-order valence-corrected chi connectivity index (χ3v) is 3.17. The number of nitrogens with one attached hydrogen (secondary N) is 1. The molecule has 5 heteroatoms. The zero-order valence-electron chi connectivity index (χ0n) is 12.3. The number of nitrogens with zero attached hydrogens (tertiary/aromatic N) is 2. The molecule has 0 aliphatic heterocycles. The van der Waals surface area contributed by atoms with Crippen molar-refractivity contribution in [2.45, 2.75) is 13.1 Å². The zero-order chi connectivity index (χ0) is 15.2. The predicted octanol–water partition coefficient (Wildman–Crippen LogP) is 2.01. The highest BCUT2D eigenvalue weighted by molar-refractivity contribution is 5.97. The molecule has 0 saturated heterocycles. The monoisotopic (exact) mass is 284 g/mol. The average molecular weight is 284 g/mol. The molecule has 0 unspecified atom stereocenters. The Bertz CT molecular complexity index is 613. The van der Waals surface area contributed by atoms with Gasteiger partial charge in [-0.05, 0) is 36.9 Å². The number of methoxy groups -OCH3 is 1. The minimum atomic E-state index is 0.0141. The van der Waals surface area contributed by atoms with E-state index in [4.69, 9.17) is 15.9 Å². The van der Waals surface area contributed by atoms with Gasteiger partial charge in [0.2, 0.25) is 0 Å². The second kappa shape index (κ2) is 6.85. The Morgan fingerprint density at radius 3 is 2.71 bits per heavy atom. The number of benzene rings is 1. The van der Waals surface area contributed by atoms with E-state index in [2.05, 4.69) is 9.88 Å². The summed E-state index contributed by atoms with van der Waals surface area (Å²) in [4.78, 5) is 6.49.